The van der Waals surface area contributed by atoms with E-state index >= 15 is 0 Å². The van der Waals surface area contributed by atoms with Crippen LogP contribution in [0.4, 0.5) is 11.5 Å². The summed E-state index contributed by atoms with van der Waals surface area (Å²) in [5, 5.41) is 3.33. The van der Waals surface area contributed by atoms with Crippen molar-refractivity contribution in [3.63, 3.8) is 0 Å². The molecule has 4 rings (SSSR count). The molecule has 0 saturated carbocycles. The molecule has 0 spiro atoms. The lowest BCUT2D eigenvalue weighted by Crippen LogP contribution is -2.02. The Balaban J connectivity index is 0.000000236. The van der Waals surface area contributed by atoms with Crippen molar-refractivity contribution in [3.8, 4) is 0 Å². The maximum atomic E-state index is 5.39. The number of ether oxygens (including phenoxy) is 1. The van der Waals surface area contributed by atoms with E-state index in [1.165, 1.54) is 31.2 Å². The van der Waals surface area contributed by atoms with Crippen molar-refractivity contribution in [2.75, 3.05) is 11.9 Å². The molecule has 3 heterocycles. The van der Waals surface area contributed by atoms with E-state index < -0.39 is 0 Å². The predicted octanol–water partition coefficient (Wildman–Crippen LogP) is 5.12. The smallest absolute Gasteiger partial charge is 0.165 e. The highest BCUT2D eigenvalue weighted by Gasteiger charge is 2.13. The largest absolute Gasteiger partial charge is 0.378 e. The van der Waals surface area contributed by atoms with Gasteiger partial charge >= 0.3 is 0 Å². The lowest BCUT2D eigenvalue weighted by Gasteiger charge is -2.07. The molecule has 0 bridgehead atoms. The van der Waals surface area contributed by atoms with Gasteiger partial charge in [-0.3, -0.25) is 0 Å². The fraction of sp³-hybridized carbons (Fsp3) is 0.500. The van der Waals surface area contributed by atoms with Crippen molar-refractivity contribution in [3.05, 3.63) is 42.5 Å². The molecule has 1 unspecified atom stereocenters. The maximum absolute atomic E-state index is 5.39. The van der Waals surface area contributed by atoms with E-state index in [2.05, 4.69) is 53.2 Å². The minimum atomic E-state index is 0.611. The quantitative estimate of drug-likeness (QED) is 0.642. The summed E-state index contributed by atoms with van der Waals surface area (Å²) in [6.45, 7) is 8.27. The fourth-order valence-corrected chi connectivity index (χ4v) is 3.40. The lowest BCUT2D eigenvalue weighted by atomic mass is 10.1. The second-order valence-corrected chi connectivity index (χ2v) is 7.03. The van der Waals surface area contributed by atoms with Crippen molar-refractivity contribution in [2.24, 2.45) is 0 Å². The van der Waals surface area contributed by atoms with Crippen LogP contribution in [0.3, 0.4) is 0 Å². The Morgan fingerprint density at radius 1 is 1.18 bits per heavy atom. The fourth-order valence-electron chi connectivity index (χ4n) is 3.40. The third kappa shape index (κ3) is 5.07. The van der Waals surface area contributed by atoms with E-state index in [1.807, 2.05) is 16.7 Å². The second kappa shape index (κ2) is 10.2. The maximum Gasteiger partial charge on any atom is 0.165 e. The SMILES string of the molecule is CCCC1CCCO1.CCc1cccc(Nc2ncnc3c2ncn3CC)c1. The molecule has 6 nitrogen and oxygen atoms in total. The zero-order valence-electron chi connectivity index (χ0n) is 17.2. The molecule has 28 heavy (non-hydrogen) atoms. The third-order valence-corrected chi connectivity index (χ3v) is 4.97. The first-order valence-corrected chi connectivity index (χ1v) is 10.4. The molecule has 0 amide bonds. The van der Waals surface area contributed by atoms with Crippen LogP contribution in [0.5, 0.6) is 0 Å². The van der Waals surface area contributed by atoms with Crippen LogP contribution < -0.4 is 5.32 Å². The molecule has 1 N–H and O–H groups in total. The Hall–Kier alpha value is -2.47. The topological polar surface area (TPSA) is 64.9 Å². The van der Waals surface area contributed by atoms with Crippen LogP contribution in [0.15, 0.2) is 36.9 Å². The number of hydrogen-bond acceptors (Lipinski definition) is 5. The zero-order valence-corrected chi connectivity index (χ0v) is 17.2. The number of hydrogen-bond donors (Lipinski definition) is 1. The van der Waals surface area contributed by atoms with Gasteiger partial charge in [0.1, 0.15) is 6.33 Å². The van der Waals surface area contributed by atoms with E-state index in [-0.39, 0.29) is 0 Å². The van der Waals surface area contributed by atoms with Crippen LogP contribution in [-0.2, 0) is 17.7 Å². The number of aryl methyl sites for hydroxylation is 2. The van der Waals surface area contributed by atoms with Crippen LogP contribution in [0.2, 0.25) is 0 Å². The number of benzene rings is 1. The average molecular weight is 382 g/mol. The molecule has 1 fully saturated rings. The number of aromatic nitrogens is 4. The highest BCUT2D eigenvalue weighted by atomic mass is 16.5. The molecule has 0 aliphatic carbocycles. The van der Waals surface area contributed by atoms with Gasteiger partial charge < -0.3 is 14.6 Å². The normalized spacial score (nSPS) is 16.0. The van der Waals surface area contributed by atoms with Crippen LogP contribution in [-0.4, -0.2) is 32.2 Å². The van der Waals surface area contributed by atoms with Crippen molar-refractivity contribution in [1.82, 2.24) is 19.5 Å². The highest BCUT2D eigenvalue weighted by Crippen LogP contribution is 2.22. The predicted molar refractivity (Wildman–Crippen MR) is 114 cm³/mol. The molecule has 1 saturated heterocycles. The summed E-state index contributed by atoms with van der Waals surface area (Å²) in [6, 6.07) is 8.32. The minimum Gasteiger partial charge on any atom is -0.378 e. The molecular weight excluding hydrogens is 350 g/mol. The van der Waals surface area contributed by atoms with E-state index in [9.17, 15) is 0 Å². The molecule has 0 radical (unpaired) electrons. The van der Waals surface area contributed by atoms with Gasteiger partial charge in [-0.25, -0.2) is 15.0 Å². The summed E-state index contributed by atoms with van der Waals surface area (Å²) < 4.78 is 7.40. The van der Waals surface area contributed by atoms with Gasteiger partial charge in [0.05, 0.1) is 12.4 Å². The second-order valence-electron chi connectivity index (χ2n) is 7.03. The van der Waals surface area contributed by atoms with Crippen molar-refractivity contribution < 1.29 is 4.74 Å². The van der Waals surface area contributed by atoms with Crippen molar-refractivity contribution in [2.45, 2.75) is 65.5 Å². The van der Waals surface area contributed by atoms with Gasteiger partial charge in [-0.05, 0) is 50.3 Å². The number of rotatable bonds is 6. The molecule has 1 aliphatic rings. The Morgan fingerprint density at radius 3 is 2.79 bits per heavy atom. The number of nitrogens with zero attached hydrogens (tertiary/aromatic N) is 4. The van der Waals surface area contributed by atoms with Crippen LogP contribution in [0, 0.1) is 0 Å². The molecule has 2 aromatic heterocycles. The molecule has 1 aliphatic heterocycles. The molecule has 6 heteroatoms. The average Bonchev–Trinajstić information content (AvgIpc) is 3.39. The van der Waals surface area contributed by atoms with Crippen LogP contribution >= 0.6 is 0 Å². The van der Waals surface area contributed by atoms with Gasteiger partial charge in [0.15, 0.2) is 17.0 Å². The molecule has 1 aromatic carbocycles. The lowest BCUT2D eigenvalue weighted by molar-refractivity contribution is 0.103. The molecule has 1 atom stereocenters. The Kier molecular flexibility index (Phi) is 7.37. The van der Waals surface area contributed by atoms with E-state index in [0.29, 0.717) is 6.10 Å². The standard InChI is InChI=1S/C15H17N5.C7H14O/c1-3-11-6-5-7-12(8-11)19-14-13-15(17-9-16-14)20(4-2)10-18-13;1-2-4-7-5-3-6-8-7/h5-10H,3-4H2,1-2H3,(H,16,17,19);7H,2-6H2,1H3. The van der Waals surface area contributed by atoms with Gasteiger partial charge in [-0.1, -0.05) is 32.4 Å². The first-order valence-electron chi connectivity index (χ1n) is 10.4. The highest BCUT2D eigenvalue weighted by molar-refractivity contribution is 5.85. The van der Waals surface area contributed by atoms with Crippen LogP contribution in [0.1, 0.15) is 52.0 Å². The van der Waals surface area contributed by atoms with Crippen molar-refractivity contribution in [1.29, 1.82) is 0 Å². The summed E-state index contributed by atoms with van der Waals surface area (Å²) in [4.78, 5) is 13.0. The van der Waals surface area contributed by atoms with Gasteiger partial charge in [-0.15, -0.1) is 0 Å². The third-order valence-electron chi connectivity index (χ3n) is 4.97. The van der Waals surface area contributed by atoms with E-state index in [0.717, 1.165) is 42.2 Å². The summed E-state index contributed by atoms with van der Waals surface area (Å²) >= 11 is 0. The monoisotopic (exact) mass is 381 g/mol. The number of nitrogens with one attached hydrogen (secondary N) is 1. The van der Waals surface area contributed by atoms with Gasteiger partial charge in [-0.2, -0.15) is 0 Å². The molecule has 3 aromatic rings. The summed E-state index contributed by atoms with van der Waals surface area (Å²) in [5.74, 6) is 0.746. The summed E-state index contributed by atoms with van der Waals surface area (Å²) in [5.41, 5.74) is 3.97. The van der Waals surface area contributed by atoms with Gasteiger partial charge in [0, 0.05) is 18.8 Å². The Bertz CT molecular complexity index is 870. The molecule has 150 valence electrons. The Labute approximate surface area is 167 Å². The van der Waals surface area contributed by atoms with Gasteiger partial charge in [0.25, 0.3) is 0 Å². The minimum absolute atomic E-state index is 0.611. The Morgan fingerprint density at radius 2 is 2.07 bits per heavy atom. The number of imidazole rings is 1. The summed E-state index contributed by atoms with van der Waals surface area (Å²) in [7, 11) is 0. The van der Waals surface area contributed by atoms with Crippen LogP contribution in [0.25, 0.3) is 11.2 Å². The van der Waals surface area contributed by atoms with E-state index in [4.69, 9.17) is 4.74 Å². The number of fused-ring (bicyclic) bond motifs is 1. The van der Waals surface area contributed by atoms with Gasteiger partial charge in [0.2, 0.25) is 0 Å². The number of anilines is 2. The first kappa shape index (κ1) is 20.3. The zero-order chi connectivity index (χ0) is 19.8. The molecular formula is C22H31N5O. The van der Waals surface area contributed by atoms with E-state index in [1.54, 1.807) is 12.7 Å². The van der Waals surface area contributed by atoms with Crippen molar-refractivity contribution >= 4 is 22.7 Å². The summed E-state index contributed by atoms with van der Waals surface area (Å²) in [6.07, 6.45) is 10.1. The first-order chi connectivity index (χ1) is 13.7.